The predicted octanol–water partition coefficient (Wildman–Crippen LogP) is 3.94. The highest BCUT2D eigenvalue weighted by Gasteiger charge is 2.32. The van der Waals surface area contributed by atoms with Gasteiger partial charge in [0.2, 0.25) is 0 Å². The van der Waals surface area contributed by atoms with Crippen molar-refractivity contribution < 1.29 is 9.53 Å². The van der Waals surface area contributed by atoms with E-state index in [0.717, 1.165) is 38.3 Å². The number of hydrogen-bond donors (Lipinski definition) is 1. The van der Waals surface area contributed by atoms with Gasteiger partial charge in [0.05, 0.1) is 0 Å². The summed E-state index contributed by atoms with van der Waals surface area (Å²) in [6, 6.07) is 0.799. The fraction of sp³-hybridized carbons (Fsp3) is 0.944. The lowest BCUT2D eigenvalue weighted by molar-refractivity contribution is 0.0214. The van der Waals surface area contributed by atoms with Gasteiger partial charge in [-0.2, -0.15) is 0 Å². The van der Waals surface area contributed by atoms with Crippen molar-refractivity contribution in [3.8, 4) is 0 Å². The van der Waals surface area contributed by atoms with Gasteiger partial charge in [0, 0.05) is 18.6 Å². The van der Waals surface area contributed by atoms with Crippen molar-refractivity contribution >= 4 is 6.09 Å². The van der Waals surface area contributed by atoms with Crippen molar-refractivity contribution in [3.63, 3.8) is 0 Å². The van der Waals surface area contributed by atoms with Crippen LogP contribution in [0.2, 0.25) is 0 Å². The number of amides is 1. The molecule has 0 radical (unpaired) electrons. The second-order valence-electron chi connectivity index (χ2n) is 8.15. The van der Waals surface area contributed by atoms with Crippen LogP contribution in [0.5, 0.6) is 0 Å². The number of nitrogens with one attached hydrogen (secondary N) is 1. The van der Waals surface area contributed by atoms with E-state index in [1.54, 1.807) is 0 Å². The molecule has 128 valence electrons. The van der Waals surface area contributed by atoms with Gasteiger partial charge in [-0.1, -0.05) is 12.8 Å². The summed E-state index contributed by atoms with van der Waals surface area (Å²) in [5.74, 6) is 1.02. The van der Waals surface area contributed by atoms with Crippen LogP contribution in [0, 0.1) is 5.92 Å². The summed E-state index contributed by atoms with van der Waals surface area (Å²) in [5.41, 5.74) is -0.406. The number of hydrogen-bond acceptors (Lipinski definition) is 3. The van der Waals surface area contributed by atoms with Crippen molar-refractivity contribution in [2.75, 3.05) is 13.1 Å². The number of rotatable bonds is 7. The molecule has 4 heteroatoms. The molecule has 1 saturated carbocycles. The first-order valence-corrected chi connectivity index (χ1v) is 9.08. The molecule has 0 spiro atoms. The largest absolute Gasteiger partial charge is 0.444 e. The van der Waals surface area contributed by atoms with Crippen molar-refractivity contribution in [2.24, 2.45) is 5.92 Å². The Kier molecular flexibility index (Phi) is 6.13. The summed E-state index contributed by atoms with van der Waals surface area (Å²) in [5, 5.41) is 3.62. The fourth-order valence-electron chi connectivity index (χ4n) is 3.28. The van der Waals surface area contributed by atoms with E-state index in [2.05, 4.69) is 12.2 Å². The maximum atomic E-state index is 12.3. The molecule has 1 heterocycles. The first kappa shape index (κ1) is 17.6. The van der Waals surface area contributed by atoms with Crippen LogP contribution < -0.4 is 5.32 Å². The van der Waals surface area contributed by atoms with E-state index in [9.17, 15) is 4.79 Å². The van der Waals surface area contributed by atoms with E-state index in [1.165, 1.54) is 25.7 Å². The summed E-state index contributed by atoms with van der Waals surface area (Å²) in [7, 11) is 0. The lowest BCUT2D eigenvalue weighted by Gasteiger charge is -2.30. The number of likely N-dealkylation sites (tertiary alicyclic amines) is 1. The SMILES string of the molecule is CC(CC1CCCN1C(=O)OC(C)(C)C)NCCCC1CC1. The molecule has 0 aromatic carbocycles. The Morgan fingerprint density at radius 1 is 1.32 bits per heavy atom. The number of nitrogens with zero attached hydrogens (tertiary/aromatic N) is 1. The molecule has 1 aliphatic carbocycles. The summed E-state index contributed by atoms with van der Waals surface area (Å²) < 4.78 is 5.53. The van der Waals surface area contributed by atoms with Crippen molar-refractivity contribution in [1.82, 2.24) is 10.2 Å². The summed E-state index contributed by atoms with van der Waals surface area (Å²) in [6.45, 7) is 9.98. The van der Waals surface area contributed by atoms with Crippen LogP contribution in [-0.2, 0) is 4.74 Å². The minimum Gasteiger partial charge on any atom is -0.444 e. The summed E-state index contributed by atoms with van der Waals surface area (Å²) in [4.78, 5) is 14.2. The van der Waals surface area contributed by atoms with Gasteiger partial charge in [-0.25, -0.2) is 4.79 Å². The molecule has 0 aromatic rings. The lowest BCUT2D eigenvalue weighted by Crippen LogP contribution is -2.42. The van der Waals surface area contributed by atoms with E-state index in [1.807, 2.05) is 25.7 Å². The Morgan fingerprint density at radius 2 is 2.05 bits per heavy atom. The maximum Gasteiger partial charge on any atom is 0.410 e. The van der Waals surface area contributed by atoms with Gasteiger partial charge in [-0.3, -0.25) is 0 Å². The van der Waals surface area contributed by atoms with E-state index in [4.69, 9.17) is 4.74 Å². The Balaban J connectivity index is 1.68. The van der Waals surface area contributed by atoms with E-state index in [-0.39, 0.29) is 6.09 Å². The third-order valence-corrected chi connectivity index (χ3v) is 4.61. The topological polar surface area (TPSA) is 41.6 Å². The molecule has 2 fully saturated rings. The third kappa shape index (κ3) is 6.15. The normalized spacial score (nSPS) is 23.6. The quantitative estimate of drug-likeness (QED) is 0.724. The smallest absolute Gasteiger partial charge is 0.410 e. The molecule has 2 rings (SSSR count). The Hall–Kier alpha value is -0.770. The van der Waals surface area contributed by atoms with E-state index >= 15 is 0 Å². The average molecular weight is 310 g/mol. The van der Waals surface area contributed by atoms with Crippen LogP contribution in [0.3, 0.4) is 0 Å². The minimum atomic E-state index is -0.406. The van der Waals surface area contributed by atoms with Crippen LogP contribution in [-0.4, -0.2) is 41.8 Å². The molecule has 4 nitrogen and oxygen atoms in total. The van der Waals surface area contributed by atoms with Crippen LogP contribution in [0.4, 0.5) is 4.79 Å². The van der Waals surface area contributed by atoms with Gasteiger partial charge in [0.15, 0.2) is 0 Å². The molecule has 0 bridgehead atoms. The summed E-state index contributed by atoms with van der Waals surface area (Å²) >= 11 is 0. The van der Waals surface area contributed by atoms with E-state index in [0.29, 0.717) is 12.1 Å². The second kappa shape index (κ2) is 7.67. The molecule has 2 aliphatic rings. The Bertz CT molecular complexity index is 361. The molecule has 1 N–H and O–H groups in total. The molecule has 1 aliphatic heterocycles. The zero-order valence-electron chi connectivity index (χ0n) is 14.9. The second-order valence-corrected chi connectivity index (χ2v) is 8.15. The number of ether oxygens (including phenoxy) is 1. The Morgan fingerprint density at radius 3 is 2.68 bits per heavy atom. The van der Waals surface area contributed by atoms with Gasteiger partial charge in [-0.05, 0) is 72.3 Å². The number of carbonyl (C=O) groups is 1. The monoisotopic (exact) mass is 310 g/mol. The molecule has 22 heavy (non-hydrogen) atoms. The molecule has 2 unspecified atom stereocenters. The predicted molar refractivity (Wildman–Crippen MR) is 90.0 cm³/mol. The van der Waals surface area contributed by atoms with Crippen LogP contribution in [0.1, 0.15) is 72.6 Å². The van der Waals surface area contributed by atoms with Crippen molar-refractivity contribution in [1.29, 1.82) is 0 Å². The van der Waals surface area contributed by atoms with Crippen LogP contribution in [0.25, 0.3) is 0 Å². The first-order valence-electron chi connectivity index (χ1n) is 9.08. The highest BCUT2D eigenvalue weighted by Crippen LogP contribution is 2.33. The highest BCUT2D eigenvalue weighted by molar-refractivity contribution is 5.68. The zero-order valence-corrected chi connectivity index (χ0v) is 14.9. The molecule has 2 atom stereocenters. The Labute approximate surface area is 136 Å². The zero-order chi connectivity index (χ0) is 16.2. The van der Waals surface area contributed by atoms with Crippen molar-refractivity contribution in [2.45, 2.75) is 90.3 Å². The number of carbonyl (C=O) groups excluding carboxylic acids is 1. The fourth-order valence-corrected chi connectivity index (χ4v) is 3.28. The van der Waals surface area contributed by atoms with Gasteiger partial charge < -0.3 is 15.0 Å². The van der Waals surface area contributed by atoms with Gasteiger partial charge >= 0.3 is 6.09 Å². The average Bonchev–Trinajstić information content (AvgIpc) is 3.11. The van der Waals surface area contributed by atoms with Gasteiger partial charge in [0.1, 0.15) is 5.60 Å². The van der Waals surface area contributed by atoms with Crippen molar-refractivity contribution in [3.05, 3.63) is 0 Å². The molecule has 0 aromatic heterocycles. The molecule has 1 amide bonds. The maximum absolute atomic E-state index is 12.3. The standard InChI is InChI=1S/C18H34N2O2/c1-14(19-11-5-7-15-9-10-15)13-16-8-6-12-20(16)17(21)22-18(2,3)4/h14-16,19H,5-13H2,1-4H3. The molecular weight excluding hydrogens is 276 g/mol. The van der Waals surface area contributed by atoms with Crippen LogP contribution in [0.15, 0.2) is 0 Å². The lowest BCUT2D eigenvalue weighted by atomic mass is 10.1. The molecule has 1 saturated heterocycles. The minimum absolute atomic E-state index is 0.143. The van der Waals surface area contributed by atoms with Crippen LogP contribution >= 0.6 is 0 Å². The highest BCUT2D eigenvalue weighted by atomic mass is 16.6. The van der Waals surface area contributed by atoms with Gasteiger partial charge in [0.25, 0.3) is 0 Å². The van der Waals surface area contributed by atoms with Gasteiger partial charge in [-0.15, -0.1) is 0 Å². The third-order valence-electron chi connectivity index (χ3n) is 4.61. The van der Waals surface area contributed by atoms with E-state index < -0.39 is 5.60 Å². The summed E-state index contributed by atoms with van der Waals surface area (Å²) in [6.07, 6.45) is 8.65. The molecular formula is C18H34N2O2. The first-order chi connectivity index (χ1) is 10.3.